The fourth-order valence-corrected chi connectivity index (χ4v) is 1.71. The van der Waals surface area contributed by atoms with Crippen molar-refractivity contribution >= 4 is 12.1 Å². The third-order valence-corrected chi connectivity index (χ3v) is 2.77. The summed E-state index contributed by atoms with van der Waals surface area (Å²) in [5.74, 6) is 0. The van der Waals surface area contributed by atoms with Crippen molar-refractivity contribution in [2.45, 2.75) is 13.1 Å². The van der Waals surface area contributed by atoms with Crippen molar-refractivity contribution in [3.8, 4) is 0 Å². The minimum absolute atomic E-state index is 0.274. The van der Waals surface area contributed by atoms with E-state index in [1.54, 1.807) is 0 Å². The Morgan fingerprint density at radius 3 is 1.86 bits per heavy atom. The number of hydrogen-bond donors (Lipinski definition) is 3. The molecule has 0 spiro atoms. The first-order valence-electron chi connectivity index (χ1n) is 6.60. The second kappa shape index (κ2) is 7.69. The molecule has 0 unspecified atom stereocenters. The minimum atomic E-state index is -0.649. The zero-order valence-corrected chi connectivity index (χ0v) is 11.5. The number of carbonyl (C=O) groups is 1. The summed E-state index contributed by atoms with van der Waals surface area (Å²) in [6, 6.07) is 18.8. The summed E-state index contributed by atoms with van der Waals surface area (Å²) in [7, 11) is 0. The van der Waals surface area contributed by atoms with Crippen molar-refractivity contribution in [2.75, 3.05) is 0 Å². The zero-order chi connectivity index (χ0) is 14.9. The van der Waals surface area contributed by atoms with Crippen LogP contribution < -0.4 is 10.6 Å². The Labute approximate surface area is 123 Å². The van der Waals surface area contributed by atoms with Crippen molar-refractivity contribution in [3.05, 3.63) is 71.8 Å². The number of alkyl carbamates (subject to hydrolysis) is 1. The number of carbonyl (C=O) groups excluding carboxylic acids is 1. The number of ether oxygens (including phenoxy) is 1. The molecule has 0 aliphatic rings. The molecule has 0 aliphatic heterocycles. The van der Waals surface area contributed by atoms with Crippen LogP contribution in [-0.2, 0) is 17.8 Å². The largest absolute Gasteiger partial charge is 0.415 e. The maximum absolute atomic E-state index is 11.5. The molecule has 0 radical (unpaired) electrons. The van der Waals surface area contributed by atoms with Gasteiger partial charge in [0.1, 0.15) is 0 Å². The average molecular weight is 283 g/mol. The van der Waals surface area contributed by atoms with Gasteiger partial charge in [-0.1, -0.05) is 60.7 Å². The van der Waals surface area contributed by atoms with Gasteiger partial charge in [-0.2, -0.15) is 0 Å². The summed E-state index contributed by atoms with van der Waals surface area (Å²) in [5, 5.41) is 12.9. The number of benzene rings is 2. The Kier molecular flexibility index (Phi) is 5.34. The number of rotatable bonds is 4. The van der Waals surface area contributed by atoms with Gasteiger partial charge < -0.3 is 15.4 Å². The molecule has 1 amide bonds. The molecule has 0 saturated carbocycles. The lowest BCUT2D eigenvalue weighted by molar-refractivity contribution is 0.194. The quantitative estimate of drug-likeness (QED) is 0.596. The van der Waals surface area contributed by atoms with E-state index in [9.17, 15) is 4.79 Å². The zero-order valence-electron chi connectivity index (χ0n) is 11.5. The van der Waals surface area contributed by atoms with Crippen LogP contribution in [0.5, 0.6) is 0 Å². The molecule has 0 saturated heterocycles. The maximum Gasteiger partial charge on any atom is 0.415 e. The minimum Gasteiger partial charge on any atom is -0.376 e. The smallest absolute Gasteiger partial charge is 0.376 e. The summed E-state index contributed by atoms with van der Waals surface area (Å²) in [4.78, 5) is 11.5. The Morgan fingerprint density at radius 1 is 0.857 bits per heavy atom. The van der Waals surface area contributed by atoms with E-state index >= 15 is 0 Å². The van der Waals surface area contributed by atoms with Crippen LogP contribution in [0.4, 0.5) is 4.79 Å². The number of amides is 1. The molecule has 5 heteroatoms. The highest BCUT2D eigenvalue weighted by Gasteiger charge is 2.06. The number of nitrogens with one attached hydrogen (secondary N) is 3. The van der Waals surface area contributed by atoms with Gasteiger partial charge in [0.25, 0.3) is 6.02 Å². The molecule has 2 aromatic carbocycles. The van der Waals surface area contributed by atoms with Crippen LogP contribution in [0.3, 0.4) is 0 Å². The fourth-order valence-electron chi connectivity index (χ4n) is 1.71. The molecular weight excluding hydrogens is 266 g/mol. The molecule has 2 aromatic rings. The van der Waals surface area contributed by atoms with E-state index in [-0.39, 0.29) is 6.02 Å². The Hall–Kier alpha value is -2.82. The van der Waals surface area contributed by atoms with Crippen molar-refractivity contribution in [1.82, 2.24) is 10.6 Å². The Bertz CT molecular complexity index is 531. The van der Waals surface area contributed by atoms with Crippen molar-refractivity contribution in [3.63, 3.8) is 0 Å². The molecule has 108 valence electrons. The van der Waals surface area contributed by atoms with Crippen molar-refractivity contribution in [1.29, 1.82) is 5.41 Å². The molecule has 0 aliphatic carbocycles. The van der Waals surface area contributed by atoms with Crippen molar-refractivity contribution < 1.29 is 9.53 Å². The number of amidine groups is 1. The van der Waals surface area contributed by atoms with E-state index in [4.69, 9.17) is 10.1 Å². The van der Waals surface area contributed by atoms with Gasteiger partial charge >= 0.3 is 6.09 Å². The highest BCUT2D eigenvalue weighted by Crippen LogP contribution is 1.98. The lowest BCUT2D eigenvalue weighted by atomic mass is 10.2. The number of hydrogen-bond acceptors (Lipinski definition) is 3. The monoisotopic (exact) mass is 283 g/mol. The Morgan fingerprint density at radius 2 is 1.33 bits per heavy atom. The lowest BCUT2D eigenvalue weighted by Gasteiger charge is -2.09. The van der Waals surface area contributed by atoms with E-state index in [1.165, 1.54) is 0 Å². The molecule has 0 fully saturated rings. The summed E-state index contributed by atoms with van der Waals surface area (Å²) in [6.07, 6.45) is -0.649. The van der Waals surface area contributed by atoms with Gasteiger partial charge in [-0.15, -0.1) is 0 Å². The molecule has 21 heavy (non-hydrogen) atoms. The first-order valence-corrected chi connectivity index (χ1v) is 6.60. The van der Waals surface area contributed by atoms with Crippen LogP contribution in [0.2, 0.25) is 0 Å². The molecule has 0 aromatic heterocycles. The topological polar surface area (TPSA) is 74.2 Å². The summed E-state index contributed by atoms with van der Waals surface area (Å²) >= 11 is 0. The third-order valence-electron chi connectivity index (χ3n) is 2.77. The van der Waals surface area contributed by atoms with Crippen molar-refractivity contribution in [2.24, 2.45) is 0 Å². The Balaban J connectivity index is 1.69. The SMILES string of the molecule is N=C(NCc1ccccc1)OC(=O)NCc1ccccc1. The van der Waals surface area contributed by atoms with E-state index < -0.39 is 6.09 Å². The van der Waals surface area contributed by atoms with Gasteiger partial charge in [0.05, 0.1) is 0 Å². The molecule has 0 bridgehead atoms. The van der Waals surface area contributed by atoms with E-state index in [2.05, 4.69) is 10.6 Å². The first kappa shape index (κ1) is 14.6. The van der Waals surface area contributed by atoms with Crippen LogP contribution in [0.25, 0.3) is 0 Å². The molecule has 5 nitrogen and oxygen atoms in total. The summed E-state index contributed by atoms with van der Waals surface area (Å²) in [6.45, 7) is 0.803. The highest BCUT2D eigenvalue weighted by molar-refractivity contribution is 5.84. The highest BCUT2D eigenvalue weighted by atomic mass is 16.6. The van der Waals surface area contributed by atoms with Crippen LogP contribution in [0.1, 0.15) is 11.1 Å². The van der Waals surface area contributed by atoms with Gasteiger partial charge in [0.2, 0.25) is 0 Å². The van der Waals surface area contributed by atoms with Crippen LogP contribution in [0, 0.1) is 5.41 Å². The van der Waals surface area contributed by atoms with Gasteiger partial charge in [-0.3, -0.25) is 5.41 Å². The van der Waals surface area contributed by atoms with Crippen LogP contribution in [0.15, 0.2) is 60.7 Å². The molecule has 0 heterocycles. The molecule has 2 rings (SSSR count). The molecule has 0 atom stereocenters. The van der Waals surface area contributed by atoms with Crippen LogP contribution in [-0.4, -0.2) is 12.1 Å². The second-order valence-electron chi connectivity index (χ2n) is 4.40. The lowest BCUT2D eigenvalue weighted by Crippen LogP contribution is -2.32. The van der Waals surface area contributed by atoms with Gasteiger partial charge in [0.15, 0.2) is 0 Å². The van der Waals surface area contributed by atoms with E-state index in [0.717, 1.165) is 11.1 Å². The standard InChI is InChI=1S/C16H17N3O2/c17-15(18-11-13-7-3-1-4-8-13)21-16(20)19-12-14-9-5-2-6-10-14/h1-10H,11-12H2,(H2,17,18)(H,19,20). The summed E-state index contributed by atoms with van der Waals surface area (Å²) < 4.78 is 4.82. The molecule has 3 N–H and O–H groups in total. The van der Waals surface area contributed by atoms with Gasteiger partial charge in [-0.05, 0) is 11.1 Å². The predicted octanol–water partition coefficient (Wildman–Crippen LogP) is 2.64. The van der Waals surface area contributed by atoms with E-state index in [1.807, 2.05) is 60.7 Å². The second-order valence-corrected chi connectivity index (χ2v) is 4.40. The fraction of sp³-hybridized carbons (Fsp3) is 0.125. The van der Waals surface area contributed by atoms with E-state index in [0.29, 0.717) is 13.1 Å². The van der Waals surface area contributed by atoms with Gasteiger partial charge in [-0.25, -0.2) is 4.79 Å². The maximum atomic E-state index is 11.5. The first-order chi connectivity index (χ1) is 10.2. The average Bonchev–Trinajstić information content (AvgIpc) is 2.53. The predicted molar refractivity (Wildman–Crippen MR) is 80.8 cm³/mol. The normalized spacial score (nSPS) is 9.71. The third kappa shape index (κ3) is 5.36. The molecular formula is C16H17N3O2. The van der Waals surface area contributed by atoms with Crippen LogP contribution >= 0.6 is 0 Å². The van der Waals surface area contributed by atoms with Gasteiger partial charge in [0, 0.05) is 13.1 Å². The summed E-state index contributed by atoms with van der Waals surface area (Å²) in [5.41, 5.74) is 1.98.